The third kappa shape index (κ3) is 7.51. The standard InChI is InChI=1S/C16H27NO3S2/c1-5-6-12-20-14-7-9-15(10-8-14)22(18,19)17-11-13-21-16(2,3)4/h7-10,17H,5-6,11-13H2,1-4H3. The van der Waals surface area contributed by atoms with Gasteiger partial charge in [-0.1, -0.05) is 34.1 Å². The first-order valence-corrected chi connectivity index (χ1v) is 10.1. The topological polar surface area (TPSA) is 55.4 Å². The number of hydrogen-bond donors (Lipinski definition) is 1. The molecule has 0 bridgehead atoms. The van der Waals surface area contributed by atoms with Crippen molar-refractivity contribution in [3.05, 3.63) is 24.3 Å². The highest BCUT2D eigenvalue weighted by molar-refractivity contribution is 8.00. The fourth-order valence-corrected chi connectivity index (χ4v) is 3.64. The van der Waals surface area contributed by atoms with Crippen LogP contribution in [0.25, 0.3) is 0 Å². The molecule has 0 atom stereocenters. The summed E-state index contributed by atoms with van der Waals surface area (Å²) in [5.41, 5.74) is 0. The van der Waals surface area contributed by atoms with Gasteiger partial charge in [-0.05, 0) is 30.7 Å². The first-order valence-electron chi connectivity index (χ1n) is 7.61. The maximum atomic E-state index is 12.2. The SMILES string of the molecule is CCCCOc1ccc(S(=O)(=O)NCCSC(C)(C)C)cc1. The molecule has 0 saturated carbocycles. The molecule has 0 radical (unpaired) electrons. The summed E-state index contributed by atoms with van der Waals surface area (Å²) in [5.74, 6) is 1.46. The van der Waals surface area contributed by atoms with E-state index in [1.807, 2.05) is 0 Å². The van der Waals surface area contributed by atoms with Gasteiger partial charge >= 0.3 is 0 Å². The van der Waals surface area contributed by atoms with Gasteiger partial charge in [0, 0.05) is 17.0 Å². The van der Waals surface area contributed by atoms with E-state index in [1.54, 1.807) is 36.0 Å². The molecule has 0 amide bonds. The van der Waals surface area contributed by atoms with Crippen LogP contribution in [0.2, 0.25) is 0 Å². The molecule has 1 aromatic rings. The molecular weight excluding hydrogens is 318 g/mol. The highest BCUT2D eigenvalue weighted by Gasteiger charge is 2.15. The molecule has 0 saturated heterocycles. The Labute approximate surface area is 139 Å². The van der Waals surface area contributed by atoms with Crippen molar-refractivity contribution in [3.8, 4) is 5.75 Å². The van der Waals surface area contributed by atoms with E-state index in [0.717, 1.165) is 18.6 Å². The third-order valence-electron chi connectivity index (χ3n) is 2.83. The van der Waals surface area contributed by atoms with Crippen molar-refractivity contribution < 1.29 is 13.2 Å². The molecule has 1 N–H and O–H groups in total. The van der Waals surface area contributed by atoms with Crippen LogP contribution in [0.3, 0.4) is 0 Å². The van der Waals surface area contributed by atoms with E-state index in [0.29, 0.717) is 18.9 Å². The van der Waals surface area contributed by atoms with E-state index in [4.69, 9.17) is 4.74 Å². The van der Waals surface area contributed by atoms with Gasteiger partial charge in [-0.25, -0.2) is 13.1 Å². The van der Waals surface area contributed by atoms with Crippen molar-refractivity contribution in [1.82, 2.24) is 4.72 Å². The lowest BCUT2D eigenvalue weighted by molar-refractivity contribution is 0.309. The Morgan fingerprint density at radius 3 is 2.36 bits per heavy atom. The van der Waals surface area contributed by atoms with Crippen molar-refractivity contribution in [2.75, 3.05) is 18.9 Å². The van der Waals surface area contributed by atoms with Crippen LogP contribution in [0.15, 0.2) is 29.2 Å². The van der Waals surface area contributed by atoms with Gasteiger partial charge in [-0.3, -0.25) is 0 Å². The smallest absolute Gasteiger partial charge is 0.240 e. The van der Waals surface area contributed by atoms with Crippen molar-refractivity contribution in [2.45, 2.75) is 50.2 Å². The number of sulfonamides is 1. The second kappa shape index (κ2) is 8.79. The van der Waals surface area contributed by atoms with Crippen LogP contribution in [0.4, 0.5) is 0 Å². The zero-order valence-corrected chi connectivity index (χ0v) is 15.5. The second-order valence-corrected chi connectivity index (χ2v) is 9.72. The van der Waals surface area contributed by atoms with Crippen molar-refractivity contribution in [3.63, 3.8) is 0 Å². The Morgan fingerprint density at radius 2 is 1.82 bits per heavy atom. The molecule has 4 nitrogen and oxygen atoms in total. The molecule has 0 unspecified atom stereocenters. The summed E-state index contributed by atoms with van der Waals surface area (Å²) >= 11 is 1.74. The van der Waals surface area contributed by atoms with Crippen molar-refractivity contribution >= 4 is 21.8 Å². The van der Waals surface area contributed by atoms with Crippen LogP contribution in [0, 0.1) is 0 Å². The second-order valence-electron chi connectivity index (χ2n) is 6.03. The number of ether oxygens (including phenoxy) is 1. The first kappa shape index (κ1) is 19.3. The summed E-state index contributed by atoms with van der Waals surface area (Å²) in [4.78, 5) is 0.274. The number of rotatable bonds is 9. The molecule has 0 heterocycles. The van der Waals surface area contributed by atoms with Gasteiger partial charge in [-0.15, -0.1) is 0 Å². The summed E-state index contributed by atoms with van der Waals surface area (Å²) in [7, 11) is -3.44. The third-order valence-corrected chi connectivity index (χ3v) is 5.58. The van der Waals surface area contributed by atoms with E-state index >= 15 is 0 Å². The lowest BCUT2D eigenvalue weighted by atomic mass is 10.3. The number of hydrogen-bond acceptors (Lipinski definition) is 4. The van der Waals surface area contributed by atoms with Gasteiger partial charge in [0.25, 0.3) is 0 Å². The largest absolute Gasteiger partial charge is 0.494 e. The molecule has 126 valence electrons. The number of unbranched alkanes of at least 4 members (excludes halogenated alkanes) is 1. The highest BCUT2D eigenvalue weighted by Crippen LogP contribution is 2.22. The van der Waals surface area contributed by atoms with Gasteiger partial charge < -0.3 is 4.74 Å². The molecule has 0 aliphatic heterocycles. The summed E-state index contributed by atoms with van der Waals surface area (Å²) < 4.78 is 32.6. The maximum Gasteiger partial charge on any atom is 0.240 e. The Kier molecular flexibility index (Phi) is 7.72. The Hall–Kier alpha value is -0.720. The molecule has 0 spiro atoms. The van der Waals surface area contributed by atoms with E-state index in [1.165, 1.54) is 0 Å². The fraction of sp³-hybridized carbons (Fsp3) is 0.625. The van der Waals surface area contributed by atoms with E-state index in [2.05, 4.69) is 32.4 Å². The maximum absolute atomic E-state index is 12.2. The zero-order chi connectivity index (χ0) is 16.6. The quantitative estimate of drug-likeness (QED) is 0.694. The molecule has 1 rings (SSSR count). The van der Waals surface area contributed by atoms with Gasteiger partial charge in [0.1, 0.15) is 5.75 Å². The fourth-order valence-electron chi connectivity index (χ4n) is 1.67. The number of thioether (sulfide) groups is 1. The number of benzene rings is 1. The zero-order valence-electron chi connectivity index (χ0n) is 13.9. The van der Waals surface area contributed by atoms with Crippen LogP contribution in [0.1, 0.15) is 40.5 Å². The molecule has 1 aromatic carbocycles. The normalized spacial score (nSPS) is 12.4. The average Bonchev–Trinajstić information content (AvgIpc) is 2.44. The van der Waals surface area contributed by atoms with Gasteiger partial charge in [-0.2, -0.15) is 11.8 Å². The predicted molar refractivity (Wildman–Crippen MR) is 94.2 cm³/mol. The lowest BCUT2D eigenvalue weighted by Gasteiger charge is -2.17. The minimum atomic E-state index is -3.44. The van der Waals surface area contributed by atoms with Crippen molar-refractivity contribution in [2.24, 2.45) is 0 Å². The summed E-state index contributed by atoms with van der Waals surface area (Å²) in [6.45, 7) is 9.53. The van der Waals surface area contributed by atoms with Gasteiger partial charge in [0.05, 0.1) is 11.5 Å². The monoisotopic (exact) mass is 345 g/mol. The van der Waals surface area contributed by atoms with Gasteiger partial charge in [0.2, 0.25) is 10.0 Å². The van der Waals surface area contributed by atoms with E-state index < -0.39 is 10.0 Å². The van der Waals surface area contributed by atoms with Crippen LogP contribution in [-0.2, 0) is 10.0 Å². The first-order chi connectivity index (χ1) is 10.2. The average molecular weight is 346 g/mol. The van der Waals surface area contributed by atoms with Gasteiger partial charge in [0.15, 0.2) is 0 Å². The summed E-state index contributed by atoms with van der Waals surface area (Å²) in [6.07, 6.45) is 2.07. The lowest BCUT2D eigenvalue weighted by Crippen LogP contribution is -2.27. The Morgan fingerprint density at radius 1 is 1.18 bits per heavy atom. The van der Waals surface area contributed by atoms with Crippen LogP contribution in [0.5, 0.6) is 5.75 Å². The van der Waals surface area contributed by atoms with Crippen LogP contribution < -0.4 is 9.46 Å². The Balaban J connectivity index is 2.51. The molecule has 22 heavy (non-hydrogen) atoms. The molecule has 0 aliphatic carbocycles. The Bertz CT molecular complexity index is 534. The molecular formula is C16H27NO3S2. The number of nitrogens with one attached hydrogen (secondary N) is 1. The van der Waals surface area contributed by atoms with E-state index in [9.17, 15) is 8.42 Å². The van der Waals surface area contributed by atoms with E-state index in [-0.39, 0.29) is 9.64 Å². The molecule has 6 heteroatoms. The molecule has 0 aliphatic rings. The van der Waals surface area contributed by atoms with Crippen LogP contribution in [-0.4, -0.2) is 32.1 Å². The summed E-state index contributed by atoms with van der Waals surface area (Å²) in [6, 6.07) is 6.57. The minimum absolute atomic E-state index is 0.142. The molecule has 0 fully saturated rings. The van der Waals surface area contributed by atoms with Crippen LogP contribution >= 0.6 is 11.8 Å². The summed E-state index contributed by atoms with van der Waals surface area (Å²) in [5, 5.41) is 0. The highest BCUT2D eigenvalue weighted by atomic mass is 32.2. The molecule has 0 aromatic heterocycles. The minimum Gasteiger partial charge on any atom is -0.494 e. The predicted octanol–water partition coefficient (Wildman–Crippen LogP) is 3.68. The van der Waals surface area contributed by atoms with Crippen molar-refractivity contribution in [1.29, 1.82) is 0 Å².